The number of nitrogens with one attached hydrogen (secondary N) is 2. The number of H-pyrrole nitrogens is 1. The molecule has 2 N–H and O–H groups in total. The molecule has 0 aliphatic carbocycles. The molecule has 0 saturated heterocycles. The number of aromatic nitrogens is 6. The van der Waals surface area contributed by atoms with Crippen LogP contribution in [0.3, 0.4) is 0 Å². The molecule has 3 aromatic heterocycles. The average Bonchev–Trinajstić information content (AvgIpc) is 3.35. The van der Waals surface area contributed by atoms with E-state index < -0.39 is 5.91 Å². The number of amides is 1. The second kappa shape index (κ2) is 6.55. The zero-order valence-electron chi connectivity index (χ0n) is 13.3. The summed E-state index contributed by atoms with van der Waals surface area (Å²) in [5.41, 5.74) is 1.50. The van der Waals surface area contributed by atoms with Gasteiger partial charge in [0.2, 0.25) is 0 Å². The third-order valence-electron chi connectivity index (χ3n) is 3.63. The first-order chi connectivity index (χ1) is 12.7. The van der Waals surface area contributed by atoms with Gasteiger partial charge in [-0.05, 0) is 30.3 Å². The fourth-order valence-electron chi connectivity index (χ4n) is 2.34. The molecule has 0 fully saturated rings. The minimum Gasteiger partial charge on any atom is -0.305 e. The van der Waals surface area contributed by atoms with Gasteiger partial charge in [-0.3, -0.25) is 14.5 Å². The molecular weight excluding hydrogens is 337 g/mol. The lowest BCUT2D eigenvalue weighted by Crippen LogP contribution is -2.14. The molecular formula is C17H12FN7O. The Labute approximate surface area is 146 Å². The van der Waals surface area contributed by atoms with E-state index in [9.17, 15) is 9.18 Å². The summed E-state index contributed by atoms with van der Waals surface area (Å²) in [5, 5.41) is 9.43. The average molecular weight is 349 g/mol. The van der Waals surface area contributed by atoms with Crippen LogP contribution >= 0.6 is 0 Å². The number of imidazole rings is 1. The van der Waals surface area contributed by atoms with Crippen LogP contribution in [0.5, 0.6) is 0 Å². The van der Waals surface area contributed by atoms with Crippen LogP contribution in [0.1, 0.15) is 10.5 Å². The number of carbonyl (C=O) groups is 1. The van der Waals surface area contributed by atoms with E-state index in [1.165, 1.54) is 18.5 Å². The van der Waals surface area contributed by atoms with Crippen LogP contribution in [0.2, 0.25) is 0 Å². The summed E-state index contributed by atoms with van der Waals surface area (Å²) in [6.45, 7) is 0. The lowest BCUT2D eigenvalue weighted by Gasteiger charge is -2.05. The Morgan fingerprint density at radius 1 is 1.15 bits per heavy atom. The van der Waals surface area contributed by atoms with Gasteiger partial charge in [-0.1, -0.05) is 0 Å². The number of hydrogen-bond donors (Lipinski definition) is 2. The fourth-order valence-corrected chi connectivity index (χ4v) is 2.34. The van der Waals surface area contributed by atoms with E-state index in [0.29, 0.717) is 22.9 Å². The molecule has 9 heteroatoms. The molecule has 0 radical (unpaired) electrons. The van der Waals surface area contributed by atoms with Gasteiger partial charge in [-0.25, -0.2) is 19.3 Å². The van der Waals surface area contributed by atoms with Crippen molar-refractivity contribution in [2.24, 2.45) is 0 Å². The molecule has 128 valence electrons. The van der Waals surface area contributed by atoms with E-state index in [1.54, 1.807) is 47.6 Å². The first-order valence-corrected chi connectivity index (χ1v) is 7.62. The first-order valence-electron chi connectivity index (χ1n) is 7.62. The van der Waals surface area contributed by atoms with Gasteiger partial charge in [0.05, 0.1) is 5.69 Å². The SMILES string of the molecule is O=C(Nc1cc(-n2ccnc2)ncn1)c1cc(-c2ccc(F)cc2)n[nH]1. The van der Waals surface area contributed by atoms with Crippen LogP contribution in [0, 0.1) is 5.82 Å². The van der Waals surface area contributed by atoms with Crippen molar-refractivity contribution in [1.82, 2.24) is 29.7 Å². The summed E-state index contributed by atoms with van der Waals surface area (Å²) in [6.07, 6.45) is 6.30. The number of benzene rings is 1. The van der Waals surface area contributed by atoms with Crippen LogP contribution < -0.4 is 5.32 Å². The van der Waals surface area contributed by atoms with Gasteiger partial charge in [0, 0.05) is 24.0 Å². The van der Waals surface area contributed by atoms with Crippen molar-refractivity contribution >= 4 is 11.7 Å². The number of nitrogens with zero attached hydrogens (tertiary/aromatic N) is 5. The summed E-state index contributed by atoms with van der Waals surface area (Å²) >= 11 is 0. The van der Waals surface area contributed by atoms with Crippen molar-refractivity contribution in [2.45, 2.75) is 0 Å². The van der Waals surface area contributed by atoms with E-state index in [-0.39, 0.29) is 11.5 Å². The van der Waals surface area contributed by atoms with Crippen molar-refractivity contribution < 1.29 is 9.18 Å². The highest BCUT2D eigenvalue weighted by molar-refractivity contribution is 6.03. The maximum Gasteiger partial charge on any atom is 0.274 e. The minimum absolute atomic E-state index is 0.257. The molecule has 0 bridgehead atoms. The fraction of sp³-hybridized carbons (Fsp3) is 0. The molecule has 0 atom stereocenters. The topological polar surface area (TPSA) is 101 Å². The molecule has 4 rings (SSSR count). The number of anilines is 1. The van der Waals surface area contributed by atoms with Crippen molar-refractivity contribution in [3.63, 3.8) is 0 Å². The van der Waals surface area contributed by atoms with Gasteiger partial charge in [-0.2, -0.15) is 5.10 Å². The molecule has 1 aromatic carbocycles. The maximum absolute atomic E-state index is 13.0. The van der Waals surface area contributed by atoms with Crippen LogP contribution in [-0.4, -0.2) is 35.6 Å². The Morgan fingerprint density at radius 2 is 2.00 bits per heavy atom. The quantitative estimate of drug-likeness (QED) is 0.589. The molecule has 4 aromatic rings. The number of rotatable bonds is 4. The van der Waals surface area contributed by atoms with E-state index >= 15 is 0 Å². The second-order valence-corrected chi connectivity index (χ2v) is 5.36. The third-order valence-corrected chi connectivity index (χ3v) is 3.63. The standard InChI is InChI=1S/C17H12FN7O/c18-12-3-1-11(2-4-12)13-7-14(24-23-13)17(26)22-15-8-16(21-9-20-15)25-6-5-19-10-25/h1-10H,(H,23,24)(H,20,21,22,26). The highest BCUT2D eigenvalue weighted by atomic mass is 19.1. The Kier molecular flexibility index (Phi) is 3.94. The predicted molar refractivity (Wildman–Crippen MR) is 91.1 cm³/mol. The Bertz CT molecular complexity index is 1040. The normalized spacial score (nSPS) is 10.7. The molecule has 3 heterocycles. The van der Waals surface area contributed by atoms with Gasteiger partial charge in [0.15, 0.2) is 0 Å². The summed E-state index contributed by atoms with van der Waals surface area (Å²) in [6, 6.07) is 9.06. The van der Waals surface area contributed by atoms with Crippen molar-refractivity contribution in [1.29, 1.82) is 0 Å². The van der Waals surface area contributed by atoms with Crippen LogP contribution in [0.15, 0.2) is 61.4 Å². The van der Waals surface area contributed by atoms with Crippen LogP contribution in [0.4, 0.5) is 10.2 Å². The van der Waals surface area contributed by atoms with Gasteiger partial charge in [0.1, 0.15) is 35.8 Å². The van der Waals surface area contributed by atoms with Crippen LogP contribution in [-0.2, 0) is 0 Å². The predicted octanol–water partition coefficient (Wildman–Crippen LogP) is 2.44. The molecule has 0 unspecified atom stereocenters. The number of hydrogen-bond acceptors (Lipinski definition) is 5. The third kappa shape index (κ3) is 3.18. The highest BCUT2D eigenvalue weighted by Crippen LogP contribution is 2.18. The summed E-state index contributed by atoms with van der Waals surface area (Å²) in [7, 11) is 0. The van der Waals surface area contributed by atoms with Crippen molar-refractivity contribution in [3.8, 4) is 17.1 Å². The number of halogens is 1. The first kappa shape index (κ1) is 15.6. The summed E-state index contributed by atoms with van der Waals surface area (Å²) in [5.74, 6) is 0.178. The molecule has 0 saturated carbocycles. The largest absolute Gasteiger partial charge is 0.305 e. The lowest BCUT2D eigenvalue weighted by atomic mass is 10.1. The van der Waals surface area contributed by atoms with Gasteiger partial charge < -0.3 is 5.32 Å². The molecule has 0 spiro atoms. The molecule has 0 aliphatic heterocycles. The monoisotopic (exact) mass is 349 g/mol. The Hall–Kier alpha value is -3.88. The van der Waals surface area contributed by atoms with Gasteiger partial charge >= 0.3 is 0 Å². The zero-order chi connectivity index (χ0) is 17.9. The zero-order valence-corrected chi connectivity index (χ0v) is 13.3. The van der Waals surface area contributed by atoms with Crippen molar-refractivity contribution in [3.05, 3.63) is 73.0 Å². The summed E-state index contributed by atoms with van der Waals surface area (Å²) < 4.78 is 14.7. The lowest BCUT2D eigenvalue weighted by molar-refractivity contribution is 0.102. The number of carbonyl (C=O) groups excluding carboxylic acids is 1. The van der Waals surface area contributed by atoms with Crippen LogP contribution in [0.25, 0.3) is 17.1 Å². The Balaban J connectivity index is 1.52. The Morgan fingerprint density at radius 3 is 2.77 bits per heavy atom. The molecule has 8 nitrogen and oxygen atoms in total. The second-order valence-electron chi connectivity index (χ2n) is 5.36. The van der Waals surface area contributed by atoms with E-state index in [4.69, 9.17) is 0 Å². The van der Waals surface area contributed by atoms with E-state index in [1.807, 2.05) is 0 Å². The molecule has 26 heavy (non-hydrogen) atoms. The van der Waals surface area contributed by atoms with E-state index in [0.717, 1.165) is 0 Å². The van der Waals surface area contributed by atoms with E-state index in [2.05, 4.69) is 30.5 Å². The van der Waals surface area contributed by atoms with Crippen molar-refractivity contribution in [2.75, 3.05) is 5.32 Å². The number of aromatic amines is 1. The van der Waals surface area contributed by atoms with Gasteiger partial charge in [0.25, 0.3) is 5.91 Å². The maximum atomic E-state index is 13.0. The molecule has 0 aliphatic rings. The highest BCUT2D eigenvalue weighted by Gasteiger charge is 2.12. The summed E-state index contributed by atoms with van der Waals surface area (Å²) in [4.78, 5) is 24.5. The smallest absolute Gasteiger partial charge is 0.274 e. The van der Waals surface area contributed by atoms with Gasteiger partial charge in [-0.15, -0.1) is 0 Å². The minimum atomic E-state index is -0.402. The molecule has 1 amide bonds.